The lowest BCUT2D eigenvalue weighted by molar-refractivity contribution is -0.122. The van der Waals surface area contributed by atoms with Crippen molar-refractivity contribution in [3.63, 3.8) is 0 Å². The number of amides is 1. The molecule has 1 aromatic carbocycles. The Bertz CT molecular complexity index is 786. The van der Waals surface area contributed by atoms with Gasteiger partial charge in [-0.1, -0.05) is 149 Å². The Morgan fingerprint density at radius 1 is 0.811 bits per heavy atom. The highest BCUT2D eigenvalue weighted by molar-refractivity contribution is 7.80. The highest BCUT2D eigenvalue weighted by atomic mass is 35.6. The van der Waals surface area contributed by atoms with Crippen molar-refractivity contribution in [3.8, 4) is 0 Å². The molecule has 1 aromatic rings. The zero-order chi connectivity index (χ0) is 27.5. The number of hydrogen-bond donors (Lipinski definition) is 3. The number of unbranched alkanes of at least 4 members (excludes halogenated alkanes) is 14. The van der Waals surface area contributed by atoms with Crippen LogP contribution in [0.15, 0.2) is 18.2 Å². The van der Waals surface area contributed by atoms with Crippen LogP contribution in [-0.2, 0) is 4.79 Å². The molecule has 3 N–H and O–H groups in total. The number of halogens is 3. The number of aryl methyl sites for hydroxylation is 2. The average Bonchev–Trinajstić information content (AvgIpc) is 2.82. The van der Waals surface area contributed by atoms with E-state index in [-0.39, 0.29) is 11.0 Å². The molecule has 0 aromatic heterocycles. The van der Waals surface area contributed by atoms with E-state index in [1.807, 2.05) is 26.0 Å². The number of alkyl halides is 3. The molecule has 0 aliphatic carbocycles. The molecule has 0 radical (unpaired) electrons. The van der Waals surface area contributed by atoms with Crippen LogP contribution in [0, 0.1) is 13.8 Å². The molecular weight excluding hydrogens is 545 g/mol. The van der Waals surface area contributed by atoms with Gasteiger partial charge in [-0.2, -0.15) is 0 Å². The van der Waals surface area contributed by atoms with E-state index in [1.165, 1.54) is 77.0 Å². The average molecular weight is 593 g/mol. The maximum atomic E-state index is 12.5. The third-order valence-corrected chi connectivity index (χ3v) is 7.42. The summed E-state index contributed by atoms with van der Waals surface area (Å²) in [6.45, 7) is 6.28. The Labute approximate surface area is 246 Å². The first kappa shape index (κ1) is 34.3. The maximum Gasteiger partial charge on any atom is 0.228 e. The molecule has 0 saturated heterocycles. The van der Waals surface area contributed by atoms with Crippen LogP contribution in [0.25, 0.3) is 0 Å². The molecule has 4 nitrogen and oxygen atoms in total. The molecule has 1 amide bonds. The molecule has 212 valence electrons. The van der Waals surface area contributed by atoms with E-state index < -0.39 is 9.96 Å². The fourth-order valence-electron chi connectivity index (χ4n) is 4.33. The lowest BCUT2D eigenvalue weighted by atomic mass is 10.0. The summed E-state index contributed by atoms with van der Waals surface area (Å²) in [5.41, 5.74) is 3.06. The topological polar surface area (TPSA) is 53.2 Å². The monoisotopic (exact) mass is 591 g/mol. The van der Waals surface area contributed by atoms with Crippen molar-refractivity contribution in [1.82, 2.24) is 10.6 Å². The van der Waals surface area contributed by atoms with E-state index >= 15 is 0 Å². The number of thiocarbonyl (C=S) groups is 1. The van der Waals surface area contributed by atoms with E-state index in [1.54, 1.807) is 0 Å². The number of benzene rings is 1. The summed E-state index contributed by atoms with van der Waals surface area (Å²) in [7, 11) is 0. The molecule has 0 aliphatic rings. The van der Waals surface area contributed by atoms with Crippen molar-refractivity contribution in [1.29, 1.82) is 0 Å². The van der Waals surface area contributed by atoms with E-state index in [9.17, 15) is 4.79 Å². The maximum absolute atomic E-state index is 12.5. The molecular formula is C29H48Cl3N3OS. The molecule has 0 bridgehead atoms. The number of carbonyl (C=O) groups excluding carboxylic acids is 1. The van der Waals surface area contributed by atoms with Gasteiger partial charge in [0, 0.05) is 12.1 Å². The van der Waals surface area contributed by atoms with Gasteiger partial charge in [-0.25, -0.2) is 0 Å². The minimum atomic E-state index is -1.75. The highest BCUT2D eigenvalue weighted by Gasteiger charge is 2.34. The third-order valence-electron chi connectivity index (χ3n) is 6.55. The van der Waals surface area contributed by atoms with Crippen molar-refractivity contribution in [3.05, 3.63) is 29.3 Å². The predicted molar refractivity (Wildman–Crippen MR) is 167 cm³/mol. The zero-order valence-corrected chi connectivity index (χ0v) is 26.2. The first-order valence-corrected chi connectivity index (χ1v) is 15.7. The van der Waals surface area contributed by atoms with Crippen LogP contribution < -0.4 is 16.0 Å². The molecule has 0 heterocycles. The van der Waals surface area contributed by atoms with Gasteiger partial charge in [-0.05, 0) is 44.1 Å². The number of nitrogens with one attached hydrogen (secondary N) is 3. The summed E-state index contributed by atoms with van der Waals surface area (Å²) in [6.07, 6.45) is 18.7. The zero-order valence-electron chi connectivity index (χ0n) is 23.1. The lowest BCUT2D eigenvalue weighted by Gasteiger charge is -2.28. The van der Waals surface area contributed by atoms with E-state index in [0.717, 1.165) is 36.1 Å². The molecule has 0 fully saturated rings. The molecule has 0 saturated carbocycles. The Morgan fingerprint density at radius 3 is 1.76 bits per heavy atom. The van der Waals surface area contributed by atoms with Gasteiger partial charge >= 0.3 is 0 Å². The molecule has 1 atom stereocenters. The van der Waals surface area contributed by atoms with Crippen molar-refractivity contribution in [2.24, 2.45) is 0 Å². The summed E-state index contributed by atoms with van der Waals surface area (Å²) in [6, 6.07) is 5.98. The second-order valence-electron chi connectivity index (χ2n) is 10.2. The normalized spacial score (nSPS) is 12.3. The summed E-state index contributed by atoms with van der Waals surface area (Å²) < 4.78 is -1.75. The standard InChI is InChI=1S/C29H48Cl3N3OS/c1-4-5-6-7-8-9-10-11-12-13-14-15-16-17-18-19-26(36)34-27(29(30,31)32)35-28(37)33-25-21-20-23(2)22-24(25)3/h20-22,27H,4-19H2,1-3H3,(H,34,36)(H2,33,35,37)/t27-/m0/s1. The van der Waals surface area contributed by atoms with Crippen LogP contribution in [0.4, 0.5) is 5.69 Å². The van der Waals surface area contributed by atoms with E-state index in [2.05, 4.69) is 28.9 Å². The van der Waals surface area contributed by atoms with Crippen LogP contribution in [0.3, 0.4) is 0 Å². The van der Waals surface area contributed by atoms with Crippen LogP contribution in [0.2, 0.25) is 0 Å². The highest BCUT2D eigenvalue weighted by Crippen LogP contribution is 2.29. The van der Waals surface area contributed by atoms with Crippen molar-refractivity contribution in [2.45, 2.75) is 133 Å². The Morgan fingerprint density at radius 2 is 1.30 bits per heavy atom. The van der Waals surface area contributed by atoms with Gasteiger partial charge in [0.25, 0.3) is 0 Å². The fraction of sp³-hybridized carbons (Fsp3) is 0.724. The summed E-state index contributed by atoms with van der Waals surface area (Å²) in [5.74, 6) is -0.159. The van der Waals surface area contributed by atoms with E-state index in [4.69, 9.17) is 47.0 Å². The quantitative estimate of drug-likeness (QED) is 0.0648. The molecule has 0 aliphatic heterocycles. The second kappa shape index (κ2) is 20.2. The molecule has 0 spiro atoms. The Hall–Kier alpha value is -0.750. The smallest absolute Gasteiger partial charge is 0.228 e. The molecule has 37 heavy (non-hydrogen) atoms. The fourth-order valence-corrected chi connectivity index (χ4v) is 4.89. The minimum absolute atomic E-state index is 0.159. The number of hydrogen-bond acceptors (Lipinski definition) is 2. The Balaban J connectivity index is 2.16. The van der Waals surface area contributed by atoms with Crippen LogP contribution in [0.1, 0.15) is 121 Å². The van der Waals surface area contributed by atoms with Gasteiger partial charge in [0.15, 0.2) is 5.11 Å². The SMILES string of the molecule is CCCCCCCCCCCCCCCCCC(=O)N[C@@H](NC(=S)Nc1ccc(C)cc1C)C(Cl)(Cl)Cl. The van der Waals surface area contributed by atoms with Crippen molar-refractivity contribution < 1.29 is 4.79 Å². The Kier molecular flexibility index (Phi) is 18.7. The largest absolute Gasteiger partial charge is 0.339 e. The first-order valence-electron chi connectivity index (χ1n) is 14.1. The van der Waals surface area contributed by atoms with Crippen LogP contribution >= 0.6 is 47.0 Å². The van der Waals surface area contributed by atoms with Crippen molar-refractivity contribution in [2.75, 3.05) is 5.32 Å². The van der Waals surface area contributed by atoms with Crippen LogP contribution in [0.5, 0.6) is 0 Å². The number of carbonyl (C=O) groups is 1. The third kappa shape index (κ3) is 17.5. The van der Waals surface area contributed by atoms with Crippen LogP contribution in [-0.4, -0.2) is 21.0 Å². The van der Waals surface area contributed by atoms with Gasteiger partial charge in [0.1, 0.15) is 6.17 Å². The number of rotatable bonds is 19. The lowest BCUT2D eigenvalue weighted by Crippen LogP contribution is -2.56. The minimum Gasteiger partial charge on any atom is -0.339 e. The van der Waals surface area contributed by atoms with Gasteiger partial charge in [0.2, 0.25) is 9.70 Å². The first-order chi connectivity index (χ1) is 17.6. The van der Waals surface area contributed by atoms with Gasteiger partial charge in [-0.15, -0.1) is 0 Å². The molecule has 8 heteroatoms. The molecule has 1 rings (SSSR count). The predicted octanol–water partition coefficient (Wildman–Crippen LogP) is 9.66. The summed E-state index contributed by atoms with van der Waals surface area (Å²) in [5, 5.41) is 9.08. The van der Waals surface area contributed by atoms with Gasteiger partial charge < -0.3 is 16.0 Å². The van der Waals surface area contributed by atoms with E-state index in [0.29, 0.717) is 6.42 Å². The van der Waals surface area contributed by atoms with Gasteiger partial charge in [0.05, 0.1) is 0 Å². The summed E-state index contributed by atoms with van der Waals surface area (Å²) in [4.78, 5) is 12.5. The van der Waals surface area contributed by atoms with Crippen molar-refractivity contribution >= 4 is 63.7 Å². The molecule has 0 unspecified atom stereocenters. The second-order valence-corrected chi connectivity index (χ2v) is 12.9. The number of anilines is 1. The summed E-state index contributed by atoms with van der Waals surface area (Å²) >= 11 is 23.7. The van der Waals surface area contributed by atoms with Gasteiger partial charge in [-0.3, -0.25) is 4.79 Å².